The molecular weight excluding hydrogens is 236 g/mol. The Morgan fingerprint density at radius 2 is 2.28 bits per heavy atom. The summed E-state index contributed by atoms with van der Waals surface area (Å²) in [6.45, 7) is -11.3. The minimum absolute atomic E-state index is 1.17. The molecule has 3 N–H and O–H groups in total. The standard InChI is InChI=1S/C12H24N2O4/c1-5-6-12(4,7-17-10(13)15)8-18-11(16)14-9(2)3/h9H,5-8H2,1-4H3,(H2,13,15)(H,14,16)/i1D3,4D3,5D2,6D2,7D2,9D. The van der Waals surface area contributed by atoms with E-state index in [4.69, 9.17) is 23.6 Å². The van der Waals surface area contributed by atoms with Crippen molar-refractivity contribution >= 4 is 12.2 Å². The summed E-state index contributed by atoms with van der Waals surface area (Å²) in [7, 11) is 0. The third kappa shape index (κ3) is 7.76. The Bertz CT molecular complexity index is 683. The largest absolute Gasteiger partial charge is 0.449 e. The fourth-order valence-corrected chi connectivity index (χ4v) is 0.749. The Balaban J connectivity index is 6.96. The second kappa shape index (κ2) is 7.79. The van der Waals surface area contributed by atoms with Crippen molar-refractivity contribution in [2.24, 2.45) is 11.1 Å². The molecule has 2 amide bonds. The molecule has 106 valence electrons. The van der Waals surface area contributed by atoms with Crippen LogP contribution in [0.25, 0.3) is 0 Å². The van der Waals surface area contributed by atoms with Gasteiger partial charge in [-0.2, -0.15) is 0 Å². The highest BCUT2D eigenvalue weighted by molar-refractivity contribution is 5.67. The Hall–Kier alpha value is -1.46. The van der Waals surface area contributed by atoms with Crippen LogP contribution in [0.4, 0.5) is 9.59 Å². The van der Waals surface area contributed by atoms with Gasteiger partial charge in [0.05, 0.1) is 4.11 Å². The van der Waals surface area contributed by atoms with E-state index in [9.17, 15) is 9.59 Å². The molecule has 0 bridgehead atoms. The molecule has 6 nitrogen and oxygen atoms in total. The average Bonchev–Trinajstić information content (AvgIpc) is 2.40. The highest BCUT2D eigenvalue weighted by Gasteiger charge is 2.27. The lowest BCUT2D eigenvalue weighted by Crippen LogP contribution is -2.37. The molecule has 6 heteroatoms. The molecule has 18 heavy (non-hydrogen) atoms. The van der Waals surface area contributed by atoms with Gasteiger partial charge in [-0.25, -0.2) is 9.59 Å². The first-order valence-electron chi connectivity index (χ1n) is 11.2. The molecule has 0 aromatic carbocycles. The zero-order valence-electron chi connectivity index (χ0n) is 22.9. The van der Waals surface area contributed by atoms with Gasteiger partial charge in [-0.3, -0.25) is 0 Å². The van der Waals surface area contributed by atoms with Crippen LogP contribution in [-0.2, 0) is 9.47 Å². The van der Waals surface area contributed by atoms with Crippen LogP contribution in [-0.4, -0.2) is 31.4 Å². The number of carbonyl (C=O) groups excluding carboxylic acids is 2. The quantitative estimate of drug-likeness (QED) is 0.742. The summed E-state index contributed by atoms with van der Waals surface area (Å²) in [6.07, 6.45) is -11.7. The van der Waals surface area contributed by atoms with Crippen LogP contribution in [0.2, 0.25) is 0 Å². The summed E-state index contributed by atoms with van der Waals surface area (Å²) in [5.41, 5.74) is 0.812. The van der Waals surface area contributed by atoms with E-state index in [1.807, 2.05) is 5.32 Å². The van der Waals surface area contributed by atoms with Crippen LogP contribution < -0.4 is 11.1 Å². The van der Waals surface area contributed by atoms with Crippen molar-refractivity contribution in [1.82, 2.24) is 5.32 Å². The minimum atomic E-state index is -4.19. The molecule has 0 spiro atoms. The van der Waals surface area contributed by atoms with Gasteiger partial charge in [0.25, 0.3) is 0 Å². The van der Waals surface area contributed by atoms with E-state index in [-0.39, 0.29) is 0 Å². The van der Waals surface area contributed by atoms with E-state index >= 15 is 0 Å². The maximum atomic E-state index is 11.9. The number of amides is 2. The third-order valence-electron chi connectivity index (χ3n) is 1.37. The fraction of sp³-hybridized carbons (Fsp3) is 0.833. The summed E-state index contributed by atoms with van der Waals surface area (Å²) in [4.78, 5) is 23.1. The van der Waals surface area contributed by atoms with Crippen molar-refractivity contribution in [2.75, 3.05) is 13.2 Å². The van der Waals surface area contributed by atoms with E-state index in [1.165, 1.54) is 13.8 Å². The number of nitrogens with one attached hydrogen (secondary N) is 1. The van der Waals surface area contributed by atoms with Crippen LogP contribution in [0, 0.1) is 5.41 Å². The number of ether oxygens (including phenoxy) is 2. The van der Waals surface area contributed by atoms with Gasteiger partial charge in [0.15, 0.2) is 0 Å². The van der Waals surface area contributed by atoms with Crippen molar-refractivity contribution in [3.8, 4) is 0 Å². The normalized spacial score (nSPS) is 28.9. The molecule has 0 radical (unpaired) electrons. The highest BCUT2D eigenvalue weighted by Crippen LogP contribution is 2.24. The molecule has 0 heterocycles. The summed E-state index contributed by atoms with van der Waals surface area (Å²) >= 11 is 0. The number of nitrogens with two attached hydrogens (primary N) is 1. The number of rotatable bonds is 7. The molecule has 0 saturated heterocycles. The van der Waals surface area contributed by atoms with Crippen LogP contribution in [0.3, 0.4) is 0 Å². The molecule has 0 aromatic heterocycles. The maximum Gasteiger partial charge on any atom is 0.407 e. The predicted molar refractivity (Wildman–Crippen MR) is 68.2 cm³/mol. The average molecular weight is 273 g/mol. The third-order valence-corrected chi connectivity index (χ3v) is 1.37. The van der Waals surface area contributed by atoms with E-state index in [0.29, 0.717) is 0 Å². The van der Waals surface area contributed by atoms with Crippen LogP contribution >= 0.6 is 0 Å². The van der Waals surface area contributed by atoms with Crippen LogP contribution in [0.1, 0.15) is 58.1 Å². The molecule has 0 saturated carbocycles. The minimum Gasteiger partial charge on any atom is -0.449 e. The number of carbonyl (C=O) groups is 2. The van der Waals surface area contributed by atoms with Crippen molar-refractivity contribution in [3.63, 3.8) is 0 Å². The topological polar surface area (TPSA) is 90.7 Å². The molecule has 1 unspecified atom stereocenters. The number of hydrogen-bond donors (Lipinski definition) is 2. The Kier molecular flexibility index (Phi) is 2.12. The fourth-order valence-electron chi connectivity index (χ4n) is 0.749. The molecule has 0 aliphatic heterocycles. The number of hydrogen-bond acceptors (Lipinski definition) is 4. The zero-order chi connectivity index (χ0) is 25.5. The number of primary amides is 1. The Morgan fingerprint density at radius 3 is 2.78 bits per heavy atom. The van der Waals surface area contributed by atoms with Gasteiger partial charge in [-0.15, -0.1) is 0 Å². The predicted octanol–water partition coefficient (Wildman–Crippen LogP) is 2.02. The van der Waals surface area contributed by atoms with Gasteiger partial charge < -0.3 is 20.5 Å². The van der Waals surface area contributed by atoms with Crippen LogP contribution in [0.5, 0.6) is 0 Å². The first-order valence-corrected chi connectivity index (χ1v) is 4.70. The van der Waals surface area contributed by atoms with Gasteiger partial charge in [0.1, 0.15) is 13.2 Å². The first-order chi connectivity index (χ1) is 13.3. The van der Waals surface area contributed by atoms with Crippen molar-refractivity contribution in [1.29, 1.82) is 0 Å². The molecule has 0 aliphatic rings. The molecule has 0 rings (SSSR count). The molecular formula is C12H24N2O4. The molecule has 0 fully saturated rings. The monoisotopic (exact) mass is 273 g/mol. The lowest BCUT2D eigenvalue weighted by atomic mass is 9.87. The van der Waals surface area contributed by atoms with Gasteiger partial charge in [-0.1, -0.05) is 20.1 Å². The zero-order valence-corrected chi connectivity index (χ0v) is 9.92. The van der Waals surface area contributed by atoms with Gasteiger partial charge in [0, 0.05) is 25.1 Å². The van der Waals surface area contributed by atoms with Crippen molar-refractivity contribution in [2.45, 2.75) is 46.3 Å². The lowest BCUT2D eigenvalue weighted by molar-refractivity contribution is 0.0333. The summed E-state index contributed by atoms with van der Waals surface area (Å²) in [6, 6.07) is -1.67. The van der Waals surface area contributed by atoms with E-state index in [1.54, 1.807) is 0 Å². The summed E-state index contributed by atoms with van der Waals surface area (Å²) in [5.74, 6) is 0. The summed E-state index contributed by atoms with van der Waals surface area (Å²) < 4.78 is 109. The van der Waals surface area contributed by atoms with E-state index < -0.39 is 63.2 Å². The maximum absolute atomic E-state index is 11.9. The lowest BCUT2D eigenvalue weighted by Gasteiger charge is -2.27. The van der Waals surface area contributed by atoms with Gasteiger partial charge >= 0.3 is 12.2 Å². The summed E-state index contributed by atoms with van der Waals surface area (Å²) in [5, 5.41) is 1.90. The van der Waals surface area contributed by atoms with Gasteiger partial charge in [-0.05, 0) is 20.2 Å². The number of alkyl carbamates (subject to hydrolysis) is 1. The first kappa shape index (κ1) is 4.90. The highest BCUT2D eigenvalue weighted by atomic mass is 16.6. The van der Waals surface area contributed by atoms with Crippen molar-refractivity contribution in [3.05, 3.63) is 0 Å². The second-order valence-corrected chi connectivity index (χ2v) is 3.38. The van der Waals surface area contributed by atoms with Gasteiger partial charge in [0.2, 0.25) is 0 Å². The SMILES string of the molecule is [2H]C(C)(C)NC(=O)OCC(C([2H])([2H])[2H])(C([2H])([2H])OC(N)=O)C([2H])([2H])C([2H])([2H])C([2H])([2H])[2H]. The molecule has 0 aromatic rings. The van der Waals surface area contributed by atoms with E-state index in [0.717, 1.165) is 0 Å². The molecule has 1 atom stereocenters. The smallest absolute Gasteiger partial charge is 0.407 e. The van der Waals surface area contributed by atoms with Crippen molar-refractivity contribution < 1.29 is 36.9 Å². The second-order valence-electron chi connectivity index (χ2n) is 3.38. The Morgan fingerprint density at radius 1 is 1.56 bits per heavy atom. The molecule has 0 aliphatic carbocycles. The van der Waals surface area contributed by atoms with E-state index in [2.05, 4.69) is 9.47 Å². The Labute approximate surface area is 126 Å². The van der Waals surface area contributed by atoms with Crippen LogP contribution in [0.15, 0.2) is 0 Å².